The minimum absolute atomic E-state index is 0.503. The number of ether oxygens (including phenoxy) is 1. The third-order valence-electron chi connectivity index (χ3n) is 9.43. The first-order valence-corrected chi connectivity index (χ1v) is 18.3. The van der Waals surface area contributed by atoms with Crippen LogP contribution in [0.25, 0.3) is 22.5 Å². The van der Waals surface area contributed by atoms with E-state index in [-0.39, 0.29) is 0 Å². The van der Waals surface area contributed by atoms with E-state index in [4.69, 9.17) is 25.1 Å². The zero-order chi connectivity index (χ0) is 33.8. The Labute approximate surface area is 297 Å². The highest BCUT2D eigenvalue weighted by Crippen LogP contribution is 2.40. The van der Waals surface area contributed by atoms with Crippen molar-refractivity contribution in [3.63, 3.8) is 0 Å². The largest absolute Gasteiger partial charge is 0.488 e. The van der Waals surface area contributed by atoms with Crippen LogP contribution in [0.1, 0.15) is 46.1 Å². The van der Waals surface area contributed by atoms with Crippen LogP contribution in [-0.2, 0) is 30.7 Å². The smallest absolute Gasteiger partial charge is 0.205 e. The molecule has 5 aromatic carbocycles. The van der Waals surface area contributed by atoms with Gasteiger partial charge in [-0.2, -0.15) is 11.8 Å². The Balaban J connectivity index is 1.13. The molecule has 1 aliphatic rings. The third kappa shape index (κ3) is 5.98. The van der Waals surface area contributed by atoms with Crippen LogP contribution >= 0.6 is 11.8 Å². The van der Waals surface area contributed by atoms with Crippen LogP contribution in [0.5, 0.6) is 5.75 Å². The van der Waals surface area contributed by atoms with Gasteiger partial charge in [-0.3, -0.25) is 4.98 Å². The number of tetrazole rings is 1. The maximum Gasteiger partial charge on any atom is 0.205 e. The number of aryl methyl sites for hydroxylation is 2. The highest BCUT2D eigenvalue weighted by Gasteiger charge is 2.41. The molecule has 0 amide bonds. The fraction of sp³-hybridized carbons (Fsp3) is 0.163. The van der Waals surface area contributed by atoms with E-state index in [2.05, 4.69) is 128 Å². The lowest BCUT2D eigenvalue weighted by molar-refractivity contribution is 0.302. The molecule has 0 fully saturated rings. The second kappa shape index (κ2) is 14.1. The summed E-state index contributed by atoms with van der Waals surface area (Å²) in [6.07, 6.45) is 1.91. The van der Waals surface area contributed by atoms with E-state index in [0.29, 0.717) is 12.4 Å². The second-order valence-electron chi connectivity index (χ2n) is 12.4. The summed E-state index contributed by atoms with van der Waals surface area (Å²) in [6.45, 7) is 2.65. The first-order chi connectivity index (χ1) is 24.7. The highest BCUT2D eigenvalue weighted by molar-refractivity contribution is 7.98. The van der Waals surface area contributed by atoms with Gasteiger partial charge in [0.05, 0.1) is 0 Å². The summed E-state index contributed by atoms with van der Waals surface area (Å²) in [7, 11) is 0. The molecule has 0 bridgehead atoms. The van der Waals surface area contributed by atoms with Gasteiger partial charge >= 0.3 is 0 Å². The molecule has 0 unspecified atom stereocenters. The van der Waals surface area contributed by atoms with E-state index in [1.165, 1.54) is 11.3 Å². The minimum Gasteiger partial charge on any atom is -0.488 e. The van der Waals surface area contributed by atoms with Crippen molar-refractivity contribution in [1.82, 2.24) is 25.2 Å². The predicted octanol–water partition coefficient (Wildman–Crippen LogP) is 9.17. The molecule has 3 heterocycles. The molecule has 0 N–H and O–H groups in total. The van der Waals surface area contributed by atoms with Gasteiger partial charge in [-0.05, 0) is 57.2 Å². The molecule has 50 heavy (non-hydrogen) atoms. The van der Waals surface area contributed by atoms with Crippen molar-refractivity contribution in [1.29, 1.82) is 0 Å². The van der Waals surface area contributed by atoms with Crippen LogP contribution in [0.3, 0.4) is 0 Å². The SMILES string of the molecule is CCc1cc(OCc2ccc(-c3ccccc3-c3nnn(C(c4ccccc4)(c4ccccc4)c4ccccc4)n3)cc2)c2c(n1)CCSC2. The molecule has 2 aromatic heterocycles. The number of thioether (sulfide) groups is 1. The van der Waals surface area contributed by atoms with Gasteiger partial charge in [0.15, 0.2) is 5.54 Å². The van der Waals surface area contributed by atoms with Crippen LogP contribution in [0.15, 0.2) is 146 Å². The van der Waals surface area contributed by atoms with Gasteiger partial charge in [-0.1, -0.05) is 146 Å². The van der Waals surface area contributed by atoms with Gasteiger partial charge in [-0.25, -0.2) is 0 Å². The molecule has 6 nitrogen and oxygen atoms in total. The maximum atomic E-state index is 6.43. The normalized spacial score (nSPS) is 12.7. The molecule has 0 radical (unpaired) electrons. The number of hydrogen-bond donors (Lipinski definition) is 0. The molecular formula is C43H37N5OS. The molecule has 0 spiro atoms. The molecule has 7 aromatic rings. The van der Waals surface area contributed by atoms with Crippen molar-refractivity contribution in [3.8, 4) is 28.3 Å². The topological polar surface area (TPSA) is 65.7 Å². The molecule has 0 saturated heterocycles. The molecular weight excluding hydrogens is 635 g/mol. The Morgan fingerprint density at radius 1 is 0.720 bits per heavy atom. The summed E-state index contributed by atoms with van der Waals surface area (Å²) in [6, 6.07) is 50.2. The lowest BCUT2D eigenvalue weighted by atomic mass is 9.77. The highest BCUT2D eigenvalue weighted by atomic mass is 32.2. The van der Waals surface area contributed by atoms with Crippen LogP contribution in [0, 0.1) is 0 Å². The molecule has 8 rings (SSSR count). The second-order valence-corrected chi connectivity index (χ2v) is 13.5. The molecule has 0 saturated carbocycles. The van der Waals surface area contributed by atoms with Crippen molar-refractivity contribution < 1.29 is 4.74 Å². The van der Waals surface area contributed by atoms with Crippen molar-refractivity contribution in [2.24, 2.45) is 0 Å². The lowest BCUT2D eigenvalue weighted by Crippen LogP contribution is -2.39. The van der Waals surface area contributed by atoms with Crippen LogP contribution in [0.4, 0.5) is 0 Å². The summed E-state index contributed by atoms with van der Waals surface area (Å²) in [4.78, 5) is 6.65. The number of rotatable bonds is 10. The van der Waals surface area contributed by atoms with Gasteiger partial charge in [0.2, 0.25) is 5.82 Å². The van der Waals surface area contributed by atoms with E-state index in [0.717, 1.165) is 74.7 Å². The van der Waals surface area contributed by atoms with E-state index < -0.39 is 5.54 Å². The number of hydrogen-bond acceptors (Lipinski definition) is 6. The maximum absolute atomic E-state index is 6.43. The van der Waals surface area contributed by atoms with Gasteiger partial charge in [-0.15, -0.1) is 15.0 Å². The van der Waals surface area contributed by atoms with Crippen LogP contribution < -0.4 is 4.74 Å². The Bertz CT molecular complexity index is 2110. The van der Waals surface area contributed by atoms with Gasteiger partial charge in [0.25, 0.3) is 0 Å². The Morgan fingerprint density at radius 2 is 1.32 bits per heavy atom. The average molecular weight is 672 g/mol. The minimum atomic E-state index is -0.837. The Morgan fingerprint density at radius 3 is 1.94 bits per heavy atom. The van der Waals surface area contributed by atoms with Crippen LogP contribution in [0.2, 0.25) is 0 Å². The first-order valence-electron chi connectivity index (χ1n) is 17.1. The monoisotopic (exact) mass is 671 g/mol. The summed E-state index contributed by atoms with van der Waals surface area (Å²) in [5, 5.41) is 14.7. The lowest BCUT2D eigenvalue weighted by Gasteiger charge is -2.34. The number of aromatic nitrogens is 5. The fourth-order valence-electron chi connectivity index (χ4n) is 6.89. The van der Waals surface area contributed by atoms with Crippen molar-refractivity contribution in [2.45, 2.75) is 37.7 Å². The van der Waals surface area contributed by atoms with Gasteiger partial charge in [0.1, 0.15) is 12.4 Å². The van der Waals surface area contributed by atoms with E-state index in [1.54, 1.807) is 4.80 Å². The summed E-state index contributed by atoms with van der Waals surface area (Å²) in [5.41, 5.74) is 9.99. The molecule has 7 heteroatoms. The van der Waals surface area contributed by atoms with Gasteiger partial charge < -0.3 is 4.74 Å². The molecule has 246 valence electrons. The molecule has 1 aliphatic heterocycles. The predicted molar refractivity (Wildman–Crippen MR) is 201 cm³/mol. The number of nitrogens with zero attached hydrogens (tertiary/aromatic N) is 5. The molecule has 0 atom stereocenters. The summed E-state index contributed by atoms with van der Waals surface area (Å²) in [5.74, 6) is 3.61. The number of pyridine rings is 1. The fourth-order valence-corrected chi connectivity index (χ4v) is 7.88. The first kappa shape index (κ1) is 31.7. The zero-order valence-corrected chi connectivity index (χ0v) is 28.8. The Kier molecular flexibility index (Phi) is 8.97. The van der Waals surface area contributed by atoms with Gasteiger partial charge in [0, 0.05) is 34.3 Å². The standard InChI is InChI=1S/C43H37N5OS/c1-2-36-28-41(39-30-50-27-26-40(39)44-36)49-29-31-22-24-32(25-23-31)37-20-12-13-21-38(37)42-45-47-48(46-42)43(33-14-6-3-7-15-33,34-16-8-4-9-17-34)35-18-10-5-11-19-35/h3-25,28H,2,26-27,29-30H2,1H3. The van der Waals surface area contributed by atoms with E-state index in [1.807, 2.05) is 36.0 Å². The van der Waals surface area contributed by atoms with E-state index in [9.17, 15) is 0 Å². The van der Waals surface area contributed by atoms with Crippen molar-refractivity contribution >= 4 is 11.8 Å². The number of fused-ring (bicyclic) bond motifs is 1. The van der Waals surface area contributed by atoms with Crippen LogP contribution in [-0.4, -0.2) is 30.9 Å². The summed E-state index contributed by atoms with van der Waals surface area (Å²) < 4.78 is 6.43. The summed E-state index contributed by atoms with van der Waals surface area (Å²) >= 11 is 1.95. The average Bonchev–Trinajstić information content (AvgIpc) is 3.69. The zero-order valence-electron chi connectivity index (χ0n) is 27.9. The van der Waals surface area contributed by atoms with Crippen molar-refractivity contribution in [2.75, 3.05) is 5.75 Å². The van der Waals surface area contributed by atoms with E-state index >= 15 is 0 Å². The third-order valence-corrected chi connectivity index (χ3v) is 10.4. The number of benzene rings is 5. The van der Waals surface area contributed by atoms with Crippen molar-refractivity contribution in [3.05, 3.63) is 185 Å². The molecule has 0 aliphatic carbocycles. The Hall–Kier alpha value is -5.53. The quantitative estimate of drug-likeness (QED) is 0.135.